The lowest BCUT2D eigenvalue weighted by Gasteiger charge is -2.34. The molecule has 1 aliphatic rings. The summed E-state index contributed by atoms with van der Waals surface area (Å²) in [6, 6.07) is 0. The summed E-state index contributed by atoms with van der Waals surface area (Å²) >= 11 is 0. The van der Waals surface area contributed by atoms with Crippen molar-refractivity contribution in [2.24, 2.45) is 11.8 Å². The van der Waals surface area contributed by atoms with Crippen LogP contribution in [0.3, 0.4) is 0 Å². The van der Waals surface area contributed by atoms with Crippen molar-refractivity contribution in [2.45, 2.75) is 58.5 Å². The number of carbonyl (C=O) groups excluding carboxylic acids is 2. The number of methoxy groups -OCH3 is 2. The highest BCUT2D eigenvalue weighted by Crippen LogP contribution is 2.27. The summed E-state index contributed by atoms with van der Waals surface area (Å²) in [5, 5.41) is 0. The zero-order valence-electron chi connectivity index (χ0n) is 13.5. The van der Waals surface area contributed by atoms with E-state index in [1.54, 1.807) is 0 Å². The zero-order valence-corrected chi connectivity index (χ0v) is 13.5. The van der Waals surface area contributed by atoms with Crippen molar-refractivity contribution in [1.82, 2.24) is 0 Å². The van der Waals surface area contributed by atoms with Gasteiger partial charge in [0, 0.05) is 0 Å². The molecule has 3 unspecified atom stereocenters. The minimum atomic E-state index is -1.10. The predicted octanol–water partition coefficient (Wildman–Crippen LogP) is 1.90. The molecule has 3 atom stereocenters. The Morgan fingerprint density at radius 2 is 1.67 bits per heavy atom. The molecule has 0 N–H and O–H groups in total. The molecule has 0 aromatic heterocycles. The van der Waals surface area contributed by atoms with Crippen LogP contribution < -0.4 is 0 Å². The summed E-state index contributed by atoms with van der Waals surface area (Å²) < 4.78 is 21.1. The van der Waals surface area contributed by atoms with E-state index >= 15 is 0 Å². The van der Waals surface area contributed by atoms with Crippen LogP contribution in [0.25, 0.3) is 0 Å². The van der Waals surface area contributed by atoms with E-state index in [-0.39, 0.29) is 12.0 Å². The van der Waals surface area contributed by atoms with Gasteiger partial charge in [0.2, 0.25) is 0 Å². The molecule has 0 saturated carbocycles. The quantitative estimate of drug-likeness (QED) is 0.551. The summed E-state index contributed by atoms with van der Waals surface area (Å²) in [5.74, 6) is -2.45. The average Bonchev–Trinajstić information content (AvgIpc) is 2.45. The number of hydrogen-bond acceptors (Lipinski definition) is 6. The van der Waals surface area contributed by atoms with Gasteiger partial charge in [0.05, 0.1) is 26.4 Å². The van der Waals surface area contributed by atoms with Crippen molar-refractivity contribution < 1.29 is 28.5 Å². The first-order valence-corrected chi connectivity index (χ1v) is 7.37. The van der Waals surface area contributed by atoms with Gasteiger partial charge in [0.25, 0.3) is 0 Å². The molecule has 1 fully saturated rings. The van der Waals surface area contributed by atoms with Gasteiger partial charge in [-0.1, -0.05) is 13.8 Å². The van der Waals surface area contributed by atoms with Crippen LogP contribution in [0.1, 0.15) is 40.0 Å². The van der Waals surface area contributed by atoms with Crippen molar-refractivity contribution in [3.63, 3.8) is 0 Å². The maximum Gasteiger partial charge on any atom is 0.322 e. The second kappa shape index (κ2) is 8.34. The summed E-state index contributed by atoms with van der Waals surface area (Å²) in [4.78, 5) is 23.8. The standard InChI is InChI=1S/C15H26O6/c1-9(2)13(12(14(16)18-4)15(17)19-5)21-11-8-6-7-10(3)20-11/h9-13H,6-8H2,1-5H3. The van der Waals surface area contributed by atoms with Gasteiger partial charge < -0.3 is 18.9 Å². The fraction of sp³-hybridized carbons (Fsp3) is 0.867. The SMILES string of the molecule is COC(=O)C(C(=O)OC)C(OC1CCCC(C)O1)C(C)C. The molecule has 0 aromatic rings. The molecule has 21 heavy (non-hydrogen) atoms. The number of ether oxygens (including phenoxy) is 4. The fourth-order valence-electron chi connectivity index (χ4n) is 2.48. The molecular formula is C15H26O6. The maximum absolute atomic E-state index is 11.9. The third-order valence-electron chi connectivity index (χ3n) is 3.64. The molecule has 1 heterocycles. The maximum atomic E-state index is 11.9. The van der Waals surface area contributed by atoms with Gasteiger partial charge in [-0.05, 0) is 32.1 Å². The first-order chi connectivity index (χ1) is 9.90. The summed E-state index contributed by atoms with van der Waals surface area (Å²) in [6.07, 6.45) is 1.81. The van der Waals surface area contributed by atoms with E-state index in [2.05, 4.69) is 0 Å². The van der Waals surface area contributed by atoms with Gasteiger partial charge in [0.1, 0.15) is 0 Å². The molecule has 6 heteroatoms. The molecule has 1 rings (SSSR count). The average molecular weight is 302 g/mol. The lowest BCUT2D eigenvalue weighted by atomic mass is 9.92. The molecule has 0 spiro atoms. The van der Waals surface area contributed by atoms with Gasteiger partial charge in [-0.15, -0.1) is 0 Å². The highest BCUT2D eigenvalue weighted by molar-refractivity contribution is 5.95. The Labute approximate surface area is 126 Å². The highest BCUT2D eigenvalue weighted by atomic mass is 16.7. The van der Waals surface area contributed by atoms with Crippen molar-refractivity contribution in [1.29, 1.82) is 0 Å². The molecule has 1 aliphatic heterocycles. The molecule has 0 bridgehead atoms. The second-order valence-electron chi connectivity index (χ2n) is 5.68. The first kappa shape index (κ1) is 17.9. The predicted molar refractivity (Wildman–Crippen MR) is 75.4 cm³/mol. The first-order valence-electron chi connectivity index (χ1n) is 7.37. The molecule has 0 aromatic carbocycles. The highest BCUT2D eigenvalue weighted by Gasteiger charge is 2.41. The lowest BCUT2D eigenvalue weighted by Crippen LogP contribution is -2.44. The molecule has 0 amide bonds. The van der Waals surface area contributed by atoms with Gasteiger partial charge in [-0.3, -0.25) is 9.59 Å². The Morgan fingerprint density at radius 1 is 1.10 bits per heavy atom. The Balaban J connectivity index is 2.85. The molecular weight excluding hydrogens is 276 g/mol. The van der Waals surface area contributed by atoms with E-state index in [0.29, 0.717) is 0 Å². The molecule has 122 valence electrons. The third-order valence-corrected chi connectivity index (χ3v) is 3.64. The summed E-state index contributed by atoms with van der Waals surface area (Å²) in [6.45, 7) is 5.75. The van der Waals surface area contributed by atoms with E-state index in [1.807, 2.05) is 20.8 Å². The Bertz CT molecular complexity index is 338. The van der Waals surface area contributed by atoms with Crippen molar-refractivity contribution in [2.75, 3.05) is 14.2 Å². The smallest absolute Gasteiger partial charge is 0.322 e. The molecule has 0 radical (unpaired) electrons. The largest absolute Gasteiger partial charge is 0.468 e. The third kappa shape index (κ3) is 4.97. The topological polar surface area (TPSA) is 71.1 Å². The van der Waals surface area contributed by atoms with Gasteiger partial charge in [-0.25, -0.2) is 0 Å². The van der Waals surface area contributed by atoms with E-state index in [0.717, 1.165) is 19.3 Å². The Hall–Kier alpha value is -1.14. The number of hydrogen-bond donors (Lipinski definition) is 0. The number of carbonyl (C=O) groups is 2. The van der Waals surface area contributed by atoms with Crippen LogP contribution in [-0.4, -0.2) is 44.7 Å². The van der Waals surface area contributed by atoms with Crippen LogP contribution in [0.2, 0.25) is 0 Å². The van der Waals surface area contributed by atoms with Crippen LogP contribution in [0, 0.1) is 11.8 Å². The van der Waals surface area contributed by atoms with Crippen molar-refractivity contribution in [3.8, 4) is 0 Å². The number of rotatable bonds is 6. The zero-order chi connectivity index (χ0) is 16.0. The normalized spacial score (nSPS) is 24.0. The van der Waals surface area contributed by atoms with E-state index in [4.69, 9.17) is 18.9 Å². The number of esters is 2. The Morgan fingerprint density at radius 3 is 2.10 bits per heavy atom. The van der Waals surface area contributed by atoms with Gasteiger partial charge in [0.15, 0.2) is 12.2 Å². The van der Waals surface area contributed by atoms with Crippen LogP contribution in [0.4, 0.5) is 0 Å². The fourth-order valence-corrected chi connectivity index (χ4v) is 2.48. The molecule has 1 saturated heterocycles. The Kier molecular flexibility index (Phi) is 7.11. The van der Waals surface area contributed by atoms with Crippen LogP contribution >= 0.6 is 0 Å². The monoisotopic (exact) mass is 302 g/mol. The van der Waals surface area contributed by atoms with Gasteiger partial charge >= 0.3 is 11.9 Å². The van der Waals surface area contributed by atoms with Gasteiger partial charge in [-0.2, -0.15) is 0 Å². The van der Waals surface area contributed by atoms with E-state index in [9.17, 15) is 9.59 Å². The summed E-state index contributed by atoms with van der Waals surface area (Å²) in [5.41, 5.74) is 0. The van der Waals surface area contributed by atoms with Crippen molar-refractivity contribution in [3.05, 3.63) is 0 Å². The van der Waals surface area contributed by atoms with Crippen LogP contribution in [0.5, 0.6) is 0 Å². The van der Waals surface area contributed by atoms with Crippen LogP contribution in [-0.2, 0) is 28.5 Å². The molecule has 6 nitrogen and oxygen atoms in total. The molecule has 0 aliphatic carbocycles. The minimum absolute atomic E-state index is 0.0611. The lowest BCUT2D eigenvalue weighted by molar-refractivity contribution is -0.230. The van der Waals surface area contributed by atoms with E-state index in [1.165, 1.54) is 14.2 Å². The van der Waals surface area contributed by atoms with E-state index < -0.39 is 30.3 Å². The minimum Gasteiger partial charge on any atom is -0.468 e. The van der Waals surface area contributed by atoms with Crippen LogP contribution in [0.15, 0.2) is 0 Å². The summed E-state index contributed by atoms with van der Waals surface area (Å²) in [7, 11) is 2.49. The van der Waals surface area contributed by atoms with Crippen molar-refractivity contribution >= 4 is 11.9 Å². The second-order valence-corrected chi connectivity index (χ2v) is 5.68.